The molecule has 0 aliphatic carbocycles. The number of fused-ring (bicyclic) bond motifs is 1. The summed E-state index contributed by atoms with van der Waals surface area (Å²) >= 11 is 0. The summed E-state index contributed by atoms with van der Waals surface area (Å²) in [6, 6.07) is 13.0. The van der Waals surface area contributed by atoms with E-state index in [0.717, 1.165) is 17.5 Å². The van der Waals surface area contributed by atoms with Gasteiger partial charge in [0.15, 0.2) is 0 Å². The smallest absolute Gasteiger partial charge is 0.319 e. The Kier molecular flexibility index (Phi) is 5.53. The van der Waals surface area contributed by atoms with Gasteiger partial charge >= 0.3 is 6.03 Å². The van der Waals surface area contributed by atoms with E-state index in [1.807, 2.05) is 25.1 Å². The maximum Gasteiger partial charge on any atom is 0.319 e. The molecule has 26 heavy (non-hydrogen) atoms. The van der Waals surface area contributed by atoms with Gasteiger partial charge in [-0.3, -0.25) is 4.79 Å². The van der Waals surface area contributed by atoms with Crippen LogP contribution >= 0.6 is 0 Å². The van der Waals surface area contributed by atoms with Crippen molar-refractivity contribution >= 4 is 17.6 Å². The van der Waals surface area contributed by atoms with Crippen molar-refractivity contribution in [2.45, 2.75) is 19.4 Å². The average Bonchev–Trinajstić information content (AvgIpc) is 2.67. The molecular formula is C20H23N3O3. The van der Waals surface area contributed by atoms with Crippen LogP contribution in [0.5, 0.6) is 0 Å². The van der Waals surface area contributed by atoms with E-state index in [1.165, 1.54) is 5.56 Å². The molecule has 6 nitrogen and oxygen atoms in total. The van der Waals surface area contributed by atoms with Gasteiger partial charge in [0.1, 0.15) is 6.10 Å². The van der Waals surface area contributed by atoms with E-state index in [9.17, 15) is 9.59 Å². The second kappa shape index (κ2) is 8.01. The molecule has 1 atom stereocenters. The van der Waals surface area contributed by atoms with Crippen LogP contribution in [-0.2, 0) is 11.2 Å². The fourth-order valence-corrected chi connectivity index (χ4v) is 3.09. The summed E-state index contributed by atoms with van der Waals surface area (Å²) in [6.07, 6.45) is 0.762. The molecule has 0 unspecified atom stereocenters. The summed E-state index contributed by atoms with van der Waals surface area (Å²) in [6.45, 7) is 2.91. The third-order valence-corrected chi connectivity index (χ3v) is 4.50. The Labute approximate surface area is 152 Å². The lowest BCUT2D eigenvalue weighted by molar-refractivity contribution is 0.0444. The molecule has 1 aliphatic heterocycles. The third kappa shape index (κ3) is 4.03. The van der Waals surface area contributed by atoms with Crippen molar-refractivity contribution in [3.05, 3.63) is 64.7 Å². The van der Waals surface area contributed by atoms with Crippen molar-refractivity contribution in [1.29, 1.82) is 0 Å². The zero-order valence-electron chi connectivity index (χ0n) is 15.0. The van der Waals surface area contributed by atoms with Crippen molar-refractivity contribution in [2.75, 3.05) is 25.5 Å². The molecule has 0 saturated heterocycles. The molecule has 0 spiro atoms. The summed E-state index contributed by atoms with van der Waals surface area (Å²) in [7, 11) is 1.59. The van der Waals surface area contributed by atoms with Gasteiger partial charge in [-0.15, -0.1) is 0 Å². The van der Waals surface area contributed by atoms with E-state index in [1.54, 1.807) is 25.2 Å². The van der Waals surface area contributed by atoms with E-state index in [0.29, 0.717) is 24.4 Å². The molecule has 3 rings (SSSR count). The van der Waals surface area contributed by atoms with Crippen LogP contribution in [0.4, 0.5) is 10.5 Å². The number of benzene rings is 2. The summed E-state index contributed by atoms with van der Waals surface area (Å²) in [5.41, 5.74) is 4.44. The van der Waals surface area contributed by atoms with Crippen molar-refractivity contribution in [1.82, 2.24) is 10.6 Å². The van der Waals surface area contributed by atoms with Crippen LogP contribution in [-0.4, -0.2) is 32.1 Å². The van der Waals surface area contributed by atoms with Crippen molar-refractivity contribution in [3.8, 4) is 0 Å². The first-order valence-electron chi connectivity index (χ1n) is 8.65. The molecule has 136 valence electrons. The fraction of sp³-hybridized carbons (Fsp3) is 0.300. The van der Waals surface area contributed by atoms with Crippen LogP contribution in [0, 0.1) is 6.92 Å². The Morgan fingerprint density at radius 3 is 2.77 bits per heavy atom. The number of anilines is 1. The van der Waals surface area contributed by atoms with Crippen LogP contribution < -0.4 is 16.0 Å². The van der Waals surface area contributed by atoms with Gasteiger partial charge in [-0.1, -0.05) is 24.3 Å². The lowest BCUT2D eigenvalue weighted by Gasteiger charge is -2.26. The lowest BCUT2D eigenvalue weighted by Crippen LogP contribution is -2.34. The molecule has 0 aromatic heterocycles. The number of nitrogens with one attached hydrogen (secondary N) is 3. The maximum atomic E-state index is 12.2. The van der Waals surface area contributed by atoms with Gasteiger partial charge in [0.2, 0.25) is 0 Å². The number of ether oxygens (including phenoxy) is 1. The normalized spacial score (nSPS) is 15.7. The zero-order chi connectivity index (χ0) is 18.5. The summed E-state index contributed by atoms with van der Waals surface area (Å²) < 4.78 is 5.80. The first-order valence-corrected chi connectivity index (χ1v) is 8.65. The van der Waals surface area contributed by atoms with Crippen LogP contribution in [0.25, 0.3) is 0 Å². The summed E-state index contributed by atoms with van der Waals surface area (Å²) in [5.74, 6) is -0.155. The highest BCUT2D eigenvalue weighted by Gasteiger charge is 2.21. The van der Waals surface area contributed by atoms with Gasteiger partial charge in [-0.25, -0.2) is 4.79 Å². The van der Waals surface area contributed by atoms with E-state index in [2.05, 4.69) is 22.0 Å². The molecule has 2 aromatic carbocycles. The SMILES string of the molecule is CNC(=O)c1ccc(NC(=O)NC[C@H]2OCCc3ccccc32)c(C)c1. The zero-order valence-corrected chi connectivity index (χ0v) is 15.0. The van der Waals surface area contributed by atoms with Crippen LogP contribution in [0.15, 0.2) is 42.5 Å². The van der Waals surface area contributed by atoms with Crippen molar-refractivity contribution < 1.29 is 14.3 Å². The maximum absolute atomic E-state index is 12.2. The number of amides is 3. The lowest BCUT2D eigenvalue weighted by atomic mass is 9.98. The average molecular weight is 353 g/mol. The Hall–Kier alpha value is -2.86. The monoisotopic (exact) mass is 353 g/mol. The molecule has 1 heterocycles. The third-order valence-electron chi connectivity index (χ3n) is 4.50. The number of urea groups is 1. The molecule has 3 amide bonds. The fourth-order valence-electron chi connectivity index (χ4n) is 3.09. The van der Waals surface area contributed by atoms with Gasteiger partial charge in [0, 0.05) is 24.8 Å². The van der Waals surface area contributed by atoms with Crippen LogP contribution in [0.3, 0.4) is 0 Å². The predicted molar refractivity (Wildman–Crippen MR) is 100 cm³/mol. The molecule has 3 N–H and O–H groups in total. The number of carbonyl (C=O) groups excluding carboxylic acids is 2. The topological polar surface area (TPSA) is 79.5 Å². The van der Waals surface area contributed by atoms with E-state index in [-0.39, 0.29) is 18.0 Å². The molecule has 0 saturated carbocycles. The number of aryl methyl sites for hydroxylation is 1. The molecule has 1 aliphatic rings. The molecule has 0 radical (unpaired) electrons. The van der Waals surface area contributed by atoms with Gasteiger partial charge in [0.05, 0.1) is 6.61 Å². The summed E-state index contributed by atoms with van der Waals surface area (Å²) in [5, 5.41) is 8.26. The highest BCUT2D eigenvalue weighted by molar-refractivity contribution is 5.96. The Bertz CT molecular complexity index is 820. The van der Waals surface area contributed by atoms with Crippen LogP contribution in [0.2, 0.25) is 0 Å². The van der Waals surface area contributed by atoms with Gasteiger partial charge in [0.25, 0.3) is 5.91 Å². The first-order chi connectivity index (χ1) is 12.6. The Morgan fingerprint density at radius 1 is 1.19 bits per heavy atom. The molecule has 0 fully saturated rings. The van der Waals surface area contributed by atoms with E-state index in [4.69, 9.17) is 4.74 Å². The van der Waals surface area contributed by atoms with Gasteiger partial charge in [-0.2, -0.15) is 0 Å². The molecule has 6 heteroatoms. The highest BCUT2D eigenvalue weighted by atomic mass is 16.5. The van der Waals surface area contributed by atoms with E-state index >= 15 is 0 Å². The minimum atomic E-state index is -0.299. The van der Waals surface area contributed by atoms with Gasteiger partial charge in [-0.05, 0) is 48.2 Å². The molecule has 2 aromatic rings. The Balaban J connectivity index is 1.59. The predicted octanol–water partition coefficient (Wildman–Crippen LogP) is 2.79. The van der Waals surface area contributed by atoms with Crippen LogP contribution in [0.1, 0.15) is 33.2 Å². The number of rotatable bonds is 4. The second-order valence-electron chi connectivity index (χ2n) is 6.25. The van der Waals surface area contributed by atoms with Crippen molar-refractivity contribution in [3.63, 3.8) is 0 Å². The van der Waals surface area contributed by atoms with E-state index < -0.39 is 0 Å². The molecule has 0 bridgehead atoms. The summed E-state index contributed by atoms with van der Waals surface area (Å²) in [4.78, 5) is 23.9. The van der Waals surface area contributed by atoms with Gasteiger partial charge < -0.3 is 20.7 Å². The molecular weight excluding hydrogens is 330 g/mol. The highest BCUT2D eigenvalue weighted by Crippen LogP contribution is 2.26. The Morgan fingerprint density at radius 2 is 2.00 bits per heavy atom. The number of hydrogen-bond acceptors (Lipinski definition) is 3. The standard InChI is InChI=1S/C20H23N3O3/c1-13-11-15(19(24)21-2)7-8-17(13)23-20(25)22-12-18-16-6-4-3-5-14(16)9-10-26-18/h3-8,11,18H,9-10,12H2,1-2H3,(H,21,24)(H2,22,23,25)/t18-/m1/s1. The quantitative estimate of drug-likeness (QED) is 0.791. The second-order valence-corrected chi connectivity index (χ2v) is 6.25. The minimum absolute atomic E-state index is 0.137. The number of carbonyl (C=O) groups is 2. The minimum Gasteiger partial charge on any atom is -0.371 e. The van der Waals surface area contributed by atoms with Crippen molar-refractivity contribution in [2.24, 2.45) is 0 Å². The number of hydrogen-bond donors (Lipinski definition) is 3. The first kappa shape index (κ1) is 17.9. The largest absolute Gasteiger partial charge is 0.371 e.